The van der Waals surface area contributed by atoms with E-state index in [9.17, 15) is 4.79 Å². The van der Waals surface area contributed by atoms with Gasteiger partial charge in [0.1, 0.15) is 23.7 Å². The quantitative estimate of drug-likeness (QED) is 0.617. The molecule has 2 N–H and O–H groups in total. The van der Waals surface area contributed by atoms with E-state index in [0.29, 0.717) is 0 Å². The average molecular weight is 274 g/mol. The van der Waals surface area contributed by atoms with Gasteiger partial charge in [0.25, 0.3) is 0 Å². The van der Waals surface area contributed by atoms with Gasteiger partial charge in [-0.05, 0) is 42.3 Å². The number of carbonyl (C=O) groups excluding carboxylic acids is 1. The molecule has 1 aliphatic rings. The maximum Gasteiger partial charge on any atom is 0.376 e. The van der Waals surface area contributed by atoms with Crippen LogP contribution in [0.5, 0.6) is 11.5 Å². The van der Waals surface area contributed by atoms with Gasteiger partial charge >= 0.3 is 5.97 Å². The van der Waals surface area contributed by atoms with Crippen molar-refractivity contribution in [3.8, 4) is 11.5 Å². The Morgan fingerprint density at radius 3 is 2.70 bits per heavy atom. The SMILES string of the molecule is Cc1ccc(O)c(C(=O)OO)c1.c1cc2cc(c1)OC2. The summed E-state index contributed by atoms with van der Waals surface area (Å²) in [5, 5.41) is 17.2. The van der Waals surface area contributed by atoms with Gasteiger partial charge in [0.2, 0.25) is 0 Å². The van der Waals surface area contributed by atoms with E-state index < -0.39 is 5.97 Å². The summed E-state index contributed by atoms with van der Waals surface area (Å²) in [5.41, 5.74) is 2.04. The molecule has 0 aromatic heterocycles. The first kappa shape index (κ1) is 13.9. The highest BCUT2D eigenvalue weighted by molar-refractivity contribution is 5.92. The first-order valence-electron chi connectivity index (χ1n) is 5.97. The number of fused-ring (bicyclic) bond motifs is 2. The summed E-state index contributed by atoms with van der Waals surface area (Å²) in [5.74, 6) is -0.168. The molecule has 0 aliphatic carbocycles. The van der Waals surface area contributed by atoms with Crippen molar-refractivity contribution in [1.29, 1.82) is 0 Å². The number of hydrogen-bond donors (Lipinski definition) is 2. The summed E-state index contributed by atoms with van der Waals surface area (Å²) in [6.45, 7) is 2.52. The number of phenols is 1. The lowest BCUT2D eigenvalue weighted by atomic mass is 10.1. The number of aromatic hydroxyl groups is 1. The number of hydrogen-bond acceptors (Lipinski definition) is 5. The number of carbonyl (C=O) groups is 1. The second kappa shape index (κ2) is 6.08. The minimum atomic E-state index is -0.962. The monoisotopic (exact) mass is 274 g/mol. The molecule has 20 heavy (non-hydrogen) atoms. The van der Waals surface area contributed by atoms with Gasteiger partial charge in [0.05, 0.1) is 0 Å². The van der Waals surface area contributed by atoms with Gasteiger partial charge in [0.15, 0.2) is 0 Å². The van der Waals surface area contributed by atoms with Gasteiger partial charge in [0, 0.05) is 0 Å². The third-order valence-corrected chi connectivity index (χ3v) is 2.76. The fourth-order valence-electron chi connectivity index (χ4n) is 1.75. The molecule has 1 aliphatic heterocycles. The Morgan fingerprint density at radius 2 is 2.05 bits per heavy atom. The molecule has 0 spiro atoms. The minimum Gasteiger partial charge on any atom is -0.507 e. The largest absolute Gasteiger partial charge is 0.507 e. The lowest BCUT2D eigenvalue weighted by Gasteiger charge is -2.00. The molecule has 5 heteroatoms. The Hall–Kier alpha value is -2.53. The van der Waals surface area contributed by atoms with Crippen molar-refractivity contribution in [2.75, 3.05) is 0 Å². The Kier molecular flexibility index (Phi) is 4.22. The highest BCUT2D eigenvalue weighted by Crippen LogP contribution is 2.21. The number of ether oxygens (including phenoxy) is 1. The molecule has 2 aromatic rings. The van der Waals surface area contributed by atoms with E-state index in [2.05, 4.69) is 17.0 Å². The van der Waals surface area contributed by atoms with Crippen molar-refractivity contribution in [1.82, 2.24) is 0 Å². The van der Waals surface area contributed by atoms with E-state index >= 15 is 0 Å². The van der Waals surface area contributed by atoms with Crippen LogP contribution in [0.1, 0.15) is 21.5 Å². The van der Waals surface area contributed by atoms with Crippen molar-refractivity contribution in [3.05, 3.63) is 59.2 Å². The van der Waals surface area contributed by atoms with Crippen LogP contribution in [0.3, 0.4) is 0 Å². The number of benzene rings is 2. The van der Waals surface area contributed by atoms with Crippen LogP contribution in [-0.2, 0) is 11.5 Å². The summed E-state index contributed by atoms with van der Waals surface area (Å²) < 4.78 is 5.18. The van der Waals surface area contributed by atoms with Gasteiger partial charge in [-0.2, -0.15) is 5.26 Å². The Labute approximate surface area is 115 Å². The second-order valence-corrected chi connectivity index (χ2v) is 4.34. The van der Waals surface area contributed by atoms with E-state index in [1.165, 1.54) is 17.7 Å². The normalized spacial score (nSPS) is 11.1. The summed E-state index contributed by atoms with van der Waals surface area (Å²) in [6.07, 6.45) is 0. The molecule has 0 atom stereocenters. The van der Waals surface area contributed by atoms with Crippen LogP contribution in [0.15, 0.2) is 42.5 Å². The Bertz CT molecular complexity index is 602. The van der Waals surface area contributed by atoms with E-state index in [4.69, 9.17) is 15.1 Å². The standard InChI is InChI=1S/C8H8O4.C7H6O/c1-5-2-3-7(9)6(4-5)8(10)12-11;1-2-6-4-7(3-1)8-5-6/h2-4,9,11H,1H3;1-4H,5H2. The molecule has 104 valence electrons. The molecule has 2 aromatic carbocycles. The first-order valence-corrected chi connectivity index (χ1v) is 5.97. The fourth-order valence-corrected chi connectivity index (χ4v) is 1.75. The van der Waals surface area contributed by atoms with Gasteiger partial charge in [-0.1, -0.05) is 18.2 Å². The number of phenolic OH excluding ortho intramolecular Hbond substituents is 1. The molecule has 0 unspecified atom stereocenters. The van der Waals surface area contributed by atoms with Crippen molar-refractivity contribution >= 4 is 5.97 Å². The lowest BCUT2D eigenvalue weighted by molar-refractivity contribution is -0.182. The predicted octanol–water partition coefficient (Wildman–Crippen LogP) is 2.91. The first-order chi connectivity index (χ1) is 9.60. The topological polar surface area (TPSA) is 76.0 Å². The van der Waals surface area contributed by atoms with Crippen LogP contribution in [0, 0.1) is 6.92 Å². The molecular formula is C15H14O5. The molecule has 0 amide bonds. The van der Waals surface area contributed by atoms with E-state index in [1.54, 1.807) is 13.0 Å². The number of rotatable bonds is 1. The predicted molar refractivity (Wildman–Crippen MR) is 71.7 cm³/mol. The van der Waals surface area contributed by atoms with Crippen LogP contribution < -0.4 is 4.74 Å². The van der Waals surface area contributed by atoms with E-state index in [1.807, 2.05) is 12.1 Å². The Morgan fingerprint density at radius 1 is 1.25 bits per heavy atom. The fraction of sp³-hybridized carbons (Fsp3) is 0.133. The highest BCUT2D eigenvalue weighted by atomic mass is 17.1. The molecular weight excluding hydrogens is 260 g/mol. The summed E-state index contributed by atoms with van der Waals surface area (Å²) in [6, 6.07) is 12.5. The van der Waals surface area contributed by atoms with E-state index in [0.717, 1.165) is 17.9 Å². The van der Waals surface area contributed by atoms with Gasteiger partial charge in [-0.25, -0.2) is 4.79 Å². The maximum absolute atomic E-state index is 10.8. The highest BCUT2D eigenvalue weighted by Gasteiger charge is 2.11. The Balaban J connectivity index is 0.000000157. The summed E-state index contributed by atoms with van der Waals surface area (Å²) >= 11 is 0. The molecule has 1 heterocycles. The molecule has 0 fully saturated rings. The number of aryl methyl sites for hydroxylation is 1. The zero-order chi connectivity index (χ0) is 14.5. The van der Waals surface area contributed by atoms with Crippen LogP contribution in [0.2, 0.25) is 0 Å². The zero-order valence-corrected chi connectivity index (χ0v) is 10.9. The third-order valence-electron chi connectivity index (χ3n) is 2.76. The molecule has 0 radical (unpaired) electrons. The van der Waals surface area contributed by atoms with Gasteiger partial charge in [-0.3, -0.25) is 4.89 Å². The van der Waals surface area contributed by atoms with Crippen molar-refractivity contribution in [3.63, 3.8) is 0 Å². The van der Waals surface area contributed by atoms with Crippen LogP contribution in [0.4, 0.5) is 0 Å². The third kappa shape index (κ3) is 3.27. The van der Waals surface area contributed by atoms with Crippen LogP contribution in [-0.4, -0.2) is 16.3 Å². The van der Waals surface area contributed by atoms with Gasteiger partial charge < -0.3 is 9.84 Å². The van der Waals surface area contributed by atoms with Crippen LogP contribution >= 0.6 is 0 Å². The lowest BCUT2D eigenvalue weighted by Crippen LogP contribution is -2.01. The smallest absolute Gasteiger partial charge is 0.376 e. The second-order valence-electron chi connectivity index (χ2n) is 4.34. The molecule has 0 saturated carbocycles. The molecule has 2 bridgehead atoms. The van der Waals surface area contributed by atoms with Crippen molar-refractivity contribution in [2.24, 2.45) is 0 Å². The van der Waals surface area contributed by atoms with E-state index in [-0.39, 0.29) is 11.3 Å². The molecule has 0 saturated heterocycles. The van der Waals surface area contributed by atoms with Gasteiger partial charge in [-0.15, -0.1) is 0 Å². The minimum absolute atomic E-state index is 0.0440. The van der Waals surface area contributed by atoms with Crippen molar-refractivity contribution in [2.45, 2.75) is 13.5 Å². The molecule has 5 nitrogen and oxygen atoms in total. The maximum atomic E-state index is 10.8. The summed E-state index contributed by atoms with van der Waals surface area (Å²) in [7, 11) is 0. The average Bonchev–Trinajstić information content (AvgIpc) is 2.80. The van der Waals surface area contributed by atoms with Crippen molar-refractivity contribution < 1.29 is 24.8 Å². The molecule has 3 rings (SSSR count). The summed E-state index contributed by atoms with van der Waals surface area (Å²) in [4.78, 5) is 14.2. The zero-order valence-electron chi connectivity index (χ0n) is 10.9. The van der Waals surface area contributed by atoms with Crippen LogP contribution in [0.25, 0.3) is 0 Å².